The second-order valence-corrected chi connectivity index (χ2v) is 8.80. The lowest BCUT2D eigenvalue weighted by Crippen LogP contribution is -2.38. The molecule has 1 aliphatic rings. The van der Waals surface area contributed by atoms with Gasteiger partial charge in [0, 0.05) is 31.1 Å². The third-order valence-corrected chi connectivity index (χ3v) is 6.64. The molecule has 0 saturated carbocycles. The molecule has 0 atom stereocenters. The number of piperidine rings is 1. The third-order valence-electron chi connectivity index (χ3n) is 5.81. The maximum absolute atomic E-state index is 12.9. The van der Waals surface area contributed by atoms with E-state index in [0.717, 1.165) is 59.3 Å². The summed E-state index contributed by atoms with van der Waals surface area (Å²) in [6.45, 7) is 2.52. The molecule has 0 radical (unpaired) electrons. The predicted molar refractivity (Wildman–Crippen MR) is 127 cm³/mol. The van der Waals surface area contributed by atoms with Crippen molar-refractivity contribution in [2.24, 2.45) is 0 Å². The van der Waals surface area contributed by atoms with Gasteiger partial charge in [0.05, 0.1) is 18.5 Å². The first-order valence-corrected chi connectivity index (χ1v) is 11.7. The van der Waals surface area contributed by atoms with Crippen molar-refractivity contribution in [1.82, 2.24) is 14.3 Å². The van der Waals surface area contributed by atoms with Crippen molar-refractivity contribution in [3.8, 4) is 22.8 Å². The van der Waals surface area contributed by atoms with Gasteiger partial charge in [0.2, 0.25) is 0 Å². The van der Waals surface area contributed by atoms with Crippen molar-refractivity contribution in [1.29, 1.82) is 0 Å². The van der Waals surface area contributed by atoms with Crippen LogP contribution in [-0.2, 0) is 6.54 Å². The minimum absolute atomic E-state index is 0.0252. The summed E-state index contributed by atoms with van der Waals surface area (Å²) >= 11 is 1.51. The summed E-state index contributed by atoms with van der Waals surface area (Å²) < 4.78 is 13.0. The number of ether oxygens (including phenoxy) is 2. The Bertz CT molecular complexity index is 1240. The third kappa shape index (κ3) is 4.40. The van der Waals surface area contributed by atoms with Crippen LogP contribution in [0.4, 0.5) is 0 Å². The van der Waals surface area contributed by atoms with Crippen molar-refractivity contribution in [3.05, 3.63) is 82.1 Å². The number of rotatable bonds is 6. The summed E-state index contributed by atoms with van der Waals surface area (Å²) in [7, 11) is 1.66. The lowest BCUT2D eigenvalue weighted by molar-refractivity contribution is 0.0961. The predicted octanol–water partition coefficient (Wildman–Crippen LogP) is 4.48. The van der Waals surface area contributed by atoms with Gasteiger partial charge in [0.15, 0.2) is 4.96 Å². The van der Waals surface area contributed by atoms with E-state index >= 15 is 0 Å². The highest BCUT2D eigenvalue weighted by molar-refractivity contribution is 7.15. The van der Waals surface area contributed by atoms with E-state index in [1.807, 2.05) is 60.0 Å². The molecule has 0 bridgehead atoms. The summed E-state index contributed by atoms with van der Waals surface area (Å²) in [5.74, 6) is 1.70. The molecule has 6 nitrogen and oxygen atoms in total. The highest BCUT2D eigenvalue weighted by Gasteiger charge is 2.21. The number of likely N-dealkylation sites (tertiary alicyclic amines) is 1. The molecule has 0 N–H and O–H groups in total. The van der Waals surface area contributed by atoms with Gasteiger partial charge >= 0.3 is 0 Å². The molecular formula is C25H25N3O3S. The first-order chi connectivity index (χ1) is 15.7. The molecule has 1 saturated heterocycles. The second kappa shape index (κ2) is 9.14. The van der Waals surface area contributed by atoms with Crippen molar-refractivity contribution in [2.45, 2.75) is 25.5 Å². The van der Waals surface area contributed by atoms with E-state index in [1.165, 1.54) is 11.3 Å². The van der Waals surface area contributed by atoms with Crippen LogP contribution in [0.15, 0.2) is 70.8 Å². The highest BCUT2D eigenvalue weighted by Crippen LogP contribution is 2.25. The van der Waals surface area contributed by atoms with Crippen LogP contribution in [0.5, 0.6) is 11.5 Å². The average molecular weight is 448 g/mol. The summed E-state index contributed by atoms with van der Waals surface area (Å²) in [5, 5.41) is 2.00. The monoisotopic (exact) mass is 447 g/mol. The first kappa shape index (κ1) is 20.7. The van der Waals surface area contributed by atoms with Crippen molar-refractivity contribution in [2.75, 3.05) is 20.2 Å². The van der Waals surface area contributed by atoms with E-state index in [4.69, 9.17) is 14.5 Å². The van der Waals surface area contributed by atoms with E-state index in [0.29, 0.717) is 6.54 Å². The van der Waals surface area contributed by atoms with Gasteiger partial charge in [-0.1, -0.05) is 30.3 Å². The van der Waals surface area contributed by atoms with Gasteiger partial charge in [-0.2, -0.15) is 0 Å². The standard InChI is InChI=1S/C25H25N3O3S/c1-30-20-7-9-21(10-8-20)31-22-11-13-27(14-12-22)16-19-15-24(29)28-23(17-32-25(28)26-19)18-5-3-2-4-6-18/h2-10,15,17,22H,11-14,16H2,1H3. The summed E-state index contributed by atoms with van der Waals surface area (Å²) in [6, 6.07) is 19.4. The van der Waals surface area contributed by atoms with Gasteiger partial charge in [-0.25, -0.2) is 4.98 Å². The van der Waals surface area contributed by atoms with Crippen molar-refractivity contribution in [3.63, 3.8) is 0 Å². The Morgan fingerprint density at radius 3 is 2.47 bits per heavy atom. The molecule has 2 aromatic carbocycles. The molecule has 0 amide bonds. The number of fused-ring (bicyclic) bond motifs is 1. The van der Waals surface area contributed by atoms with E-state index in [9.17, 15) is 4.79 Å². The van der Waals surface area contributed by atoms with Crippen molar-refractivity contribution >= 4 is 16.3 Å². The highest BCUT2D eigenvalue weighted by atomic mass is 32.1. The minimum Gasteiger partial charge on any atom is -0.497 e. The number of benzene rings is 2. The second-order valence-electron chi connectivity index (χ2n) is 7.96. The van der Waals surface area contributed by atoms with Gasteiger partial charge in [0.25, 0.3) is 5.56 Å². The minimum atomic E-state index is -0.0252. The van der Waals surface area contributed by atoms with Crippen LogP contribution in [0, 0.1) is 0 Å². The maximum Gasteiger partial charge on any atom is 0.259 e. The van der Waals surface area contributed by atoms with Crippen LogP contribution in [0.25, 0.3) is 16.2 Å². The van der Waals surface area contributed by atoms with Gasteiger partial charge in [-0.15, -0.1) is 11.3 Å². The van der Waals surface area contributed by atoms with Crippen molar-refractivity contribution < 1.29 is 9.47 Å². The smallest absolute Gasteiger partial charge is 0.259 e. The zero-order valence-corrected chi connectivity index (χ0v) is 18.8. The Balaban J connectivity index is 1.23. The number of aromatic nitrogens is 2. The van der Waals surface area contributed by atoms with E-state index in [2.05, 4.69) is 4.90 Å². The quantitative estimate of drug-likeness (QED) is 0.436. The maximum atomic E-state index is 12.9. The lowest BCUT2D eigenvalue weighted by atomic mass is 10.1. The fraction of sp³-hybridized carbons (Fsp3) is 0.280. The molecule has 1 fully saturated rings. The topological polar surface area (TPSA) is 56.1 Å². The van der Waals surface area contributed by atoms with Gasteiger partial charge < -0.3 is 9.47 Å². The molecule has 32 heavy (non-hydrogen) atoms. The van der Waals surface area contributed by atoms with Gasteiger partial charge in [0.1, 0.15) is 17.6 Å². The van der Waals surface area contributed by atoms with Crippen LogP contribution in [0.3, 0.4) is 0 Å². The summed E-state index contributed by atoms with van der Waals surface area (Å²) in [4.78, 5) is 20.7. The van der Waals surface area contributed by atoms with E-state index in [-0.39, 0.29) is 11.7 Å². The van der Waals surface area contributed by atoms with Gasteiger partial charge in [-0.05, 0) is 42.7 Å². The fourth-order valence-corrected chi connectivity index (χ4v) is 5.04. The van der Waals surface area contributed by atoms with E-state index < -0.39 is 0 Å². The van der Waals surface area contributed by atoms with Crippen LogP contribution >= 0.6 is 11.3 Å². The molecule has 1 aliphatic heterocycles. The number of thiazole rings is 1. The largest absolute Gasteiger partial charge is 0.497 e. The van der Waals surface area contributed by atoms with Gasteiger partial charge in [-0.3, -0.25) is 14.1 Å². The molecule has 3 heterocycles. The summed E-state index contributed by atoms with van der Waals surface area (Å²) in [5.41, 5.74) is 2.72. The normalized spacial score (nSPS) is 15.2. The van der Waals surface area contributed by atoms with Crippen LogP contribution in [0.2, 0.25) is 0 Å². The zero-order valence-electron chi connectivity index (χ0n) is 17.9. The number of nitrogens with zero attached hydrogens (tertiary/aromatic N) is 3. The summed E-state index contributed by atoms with van der Waals surface area (Å²) in [6.07, 6.45) is 2.10. The Kier molecular flexibility index (Phi) is 5.92. The molecule has 164 valence electrons. The Hall–Kier alpha value is -3.16. The van der Waals surface area contributed by atoms with Crippen LogP contribution in [-0.4, -0.2) is 40.6 Å². The number of hydrogen-bond acceptors (Lipinski definition) is 6. The first-order valence-electron chi connectivity index (χ1n) is 10.8. The SMILES string of the molecule is COc1ccc(OC2CCN(Cc3cc(=O)n4c(-c5ccccc5)csc4n3)CC2)cc1. The average Bonchev–Trinajstić information content (AvgIpc) is 3.26. The molecule has 0 unspecified atom stereocenters. The molecular weight excluding hydrogens is 422 g/mol. The molecule has 5 rings (SSSR count). The molecule has 0 spiro atoms. The Morgan fingerprint density at radius 1 is 1.03 bits per heavy atom. The lowest BCUT2D eigenvalue weighted by Gasteiger charge is -2.31. The molecule has 7 heteroatoms. The molecule has 2 aromatic heterocycles. The van der Waals surface area contributed by atoms with Crippen LogP contribution in [0.1, 0.15) is 18.5 Å². The fourth-order valence-electron chi connectivity index (χ4n) is 4.12. The van der Waals surface area contributed by atoms with E-state index in [1.54, 1.807) is 17.6 Å². The Morgan fingerprint density at radius 2 is 1.75 bits per heavy atom. The Labute approximate surface area is 190 Å². The van der Waals surface area contributed by atoms with Crippen LogP contribution < -0.4 is 15.0 Å². The molecule has 0 aliphatic carbocycles. The number of hydrogen-bond donors (Lipinski definition) is 0. The molecule has 4 aromatic rings. The number of methoxy groups -OCH3 is 1. The zero-order chi connectivity index (χ0) is 21.9.